The van der Waals surface area contributed by atoms with E-state index in [0.29, 0.717) is 16.7 Å². The number of hydrogen-bond donors (Lipinski definition) is 0. The third-order valence-corrected chi connectivity index (χ3v) is 4.22. The Balaban J connectivity index is 2.69. The predicted octanol–water partition coefficient (Wildman–Crippen LogP) is 3.74. The van der Waals surface area contributed by atoms with Gasteiger partial charge >= 0.3 is 12.3 Å². The maximum atomic E-state index is 12.4. The molecule has 0 amide bonds. The van der Waals surface area contributed by atoms with Crippen molar-refractivity contribution in [1.82, 2.24) is 4.98 Å². The highest BCUT2D eigenvalue weighted by Crippen LogP contribution is 2.31. The second-order valence-corrected chi connectivity index (χ2v) is 5.56. The molecule has 0 saturated carbocycles. The molecule has 18 heavy (non-hydrogen) atoms. The molecule has 0 aromatic carbocycles. The van der Waals surface area contributed by atoms with Gasteiger partial charge in [-0.05, 0) is 0 Å². The molecule has 0 aliphatic rings. The van der Waals surface area contributed by atoms with Crippen LogP contribution in [0.4, 0.5) is 26.3 Å². The summed E-state index contributed by atoms with van der Waals surface area (Å²) in [5.41, 5.74) is -1.21. The Labute approximate surface area is 104 Å². The number of halogens is 6. The van der Waals surface area contributed by atoms with E-state index in [-0.39, 0.29) is 4.34 Å². The summed E-state index contributed by atoms with van der Waals surface area (Å²) in [5.74, 6) is -2.27. The van der Waals surface area contributed by atoms with Gasteiger partial charge in [-0.15, -0.1) is 11.3 Å². The van der Waals surface area contributed by atoms with Crippen LogP contribution in [0.5, 0.6) is 0 Å². The predicted molar refractivity (Wildman–Crippen MR) is 53.4 cm³/mol. The zero-order valence-electron chi connectivity index (χ0n) is 8.43. The monoisotopic (exact) mass is 309 g/mol. The summed E-state index contributed by atoms with van der Waals surface area (Å²) in [7, 11) is -2.03. The standard InChI is InChI=1S/C8H5F6NOS2/c9-4(6(10)11)1-2-18(16)7-15-5(3-17-7)8(12,13)14/h3H,1-2H2. The quantitative estimate of drug-likeness (QED) is 0.793. The molecule has 0 saturated heterocycles. The fraction of sp³-hybridized carbons (Fsp3) is 0.375. The molecule has 0 aliphatic carbocycles. The number of allylic oxidation sites excluding steroid dienone is 1. The minimum Gasteiger partial charge on any atom is -0.252 e. The molecule has 0 radical (unpaired) electrons. The summed E-state index contributed by atoms with van der Waals surface area (Å²) in [4.78, 5) is 3.07. The summed E-state index contributed by atoms with van der Waals surface area (Å²) in [6.07, 6.45) is -7.99. The zero-order chi connectivity index (χ0) is 13.9. The second kappa shape index (κ2) is 5.83. The second-order valence-electron chi connectivity index (χ2n) is 2.96. The van der Waals surface area contributed by atoms with E-state index < -0.39 is 46.8 Å². The lowest BCUT2D eigenvalue weighted by molar-refractivity contribution is -0.141. The SMILES string of the molecule is O=S(CCC(F)=C(F)F)c1nc(C(F)(F)F)cs1. The third-order valence-electron chi connectivity index (χ3n) is 1.68. The molecule has 0 bridgehead atoms. The van der Waals surface area contributed by atoms with Crippen molar-refractivity contribution in [2.75, 3.05) is 5.75 Å². The van der Waals surface area contributed by atoms with E-state index in [1.165, 1.54) is 0 Å². The van der Waals surface area contributed by atoms with Crippen molar-refractivity contribution in [3.05, 3.63) is 23.0 Å². The van der Waals surface area contributed by atoms with Crippen molar-refractivity contribution in [3.63, 3.8) is 0 Å². The number of rotatable bonds is 4. The maximum Gasteiger partial charge on any atom is 0.434 e. The van der Waals surface area contributed by atoms with Crippen molar-refractivity contribution in [1.29, 1.82) is 0 Å². The molecule has 0 N–H and O–H groups in total. The minimum atomic E-state index is -4.66. The molecular weight excluding hydrogens is 304 g/mol. The van der Waals surface area contributed by atoms with E-state index in [2.05, 4.69) is 4.98 Å². The highest BCUT2D eigenvalue weighted by Gasteiger charge is 2.34. The van der Waals surface area contributed by atoms with E-state index in [1.54, 1.807) is 0 Å². The van der Waals surface area contributed by atoms with Gasteiger partial charge in [0.2, 0.25) is 0 Å². The first-order valence-corrected chi connectivity index (χ1v) is 6.52. The largest absolute Gasteiger partial charge is 0.434 e. The highest BCUT2D eigenvalue weighted by molar-refractivity contribution is 7.87. The van der Waals surface area contributed by atoms with Crippen LogP contribution in [0, 0.1) is 0 Å². The average molecular weight is 309 g/mol. The first-order chi connectivity index (χ1) is 8.21. The maximum absolute atomic E-state index is 12.4. The average Bonchev–Trinajstić information content (AvgIpc) is 2.73. The molecular formula is C8H5F6NOS2. The minimum absolute atomic E-state index is 0.366. The van der Waals surface area contributed by atoms with Crippen LogP contribution in [0.25, 0.3) is 0 Å². The van der Waals surface area contributed by atoms with Crippen LogP contribution in [0.15, 0.2) is 21.6 Å². The van der Waals surface area contributed by atoms with Crippen LogP contribution in [0.3, 0.4) is 0 Å². The van der Waals surface area contributed by atoms with E-state index >= 15 is 0 Å². The molecule has 102 valence electrons. The molecule has 0 aliphatic heterocycles. The summed E-state index contributed by atoms with van der Waals surface area (Å²) in [5, 5.41) is 0.662. The molecule has 1 aromatic heterocycles. The Kier molecular flexibility index (Phi) is 4.91. The van der Waals surface area contributed by atoms with Crippen LogP contribution >= 0.6 is 11.3 Å². The number of nitrogens with zero attached hydrogens (tertiary/aromatic N) is 1. The van der Waals surface area contributed by atoms with Gasteiger partial charge in [0.1, 0.15) is 0 Å². The molecule has 2 nitrogen and oxygen atoms in total. The Morgan fingerprint density at radius 1 is 1.33 bits per heavy atom. The first kappa shape index (κ1) is 15.2. The molecule has 0 fully saturated rings. The van der Waals surface area contributed by atoms with E-state index in [9.17, 15) is 30.6 Å². The smallest absolute Gasteiger partial charge is 0.252 e. The number of hydrogen-bond acceptors (Lipinski definition) is 3. The molecule has 0 spiro atoms. The molecule has 1 atom stereocenters. The van der Waals surface area contributed by atoms with Gasteiger partial charge in [-0.25, -0.2) is 9.37 Å². The van der Waals surface area contributed by atoms with Gasteiger partial charge in [-0.3, -0.25) is 4.21 Å². The number of aromatic nitrogens is 1. The van der Waals surface area contributed by atoms with E-state index in [1.807, 2.05) is 0 Å². The third kappa shape index (κ3) is 4.09. The lowest BCUT2D eigenvalue weighted by Crippen LogP contribution is -2.06. The Morgan fingerprint density at radius 3 is 2.39 bits per heavy atom. The topological polar surface area (TPSA) is 30.0 Å². The van der Waals surface area contributed by atoms with E-state index in [4.69, 9.17) is 0 Å². The van der Waals surface area contributed by atoms with Gasteiger partial charge in [0, 0.05) is 17.6 Å². The fourth-order valence-corrected chi connectivity index (χ4v) is 2.97. The van der Waals surface area contributed by atoms with Gasteiger partial charge < -0.3 is 0 Å². The fourth-order valence-electron chi connectivity index (χ4n) is 0.856. The molecule has 1 heterocycles. The summed E-state index contributed by atoms with van der Waals surface area (Å²) < 4.78 is 83.3. The summed E-state index contributed by atoms with van der Waals surface area (Å²) >= 11 is 0.487. The molecule has 1 aromatic rings. The van der Waals surface area contributed by atoms with Crippen LogP contribution in [-0.2, 0) is 17.0 Å². The lowest BCUT2D eigenvalue weighted by atomic mass is 10.4. The number of thiazole rings is 1. The van der Waals surface area contributed by atoms with Crippen molar-refractivity contribution in [2.24, 2.45) is 0 Å². The van der Waals surface area contributed by atoms with Crippen molar-refractivity contribution >= 4 is 22.1 Å². The van der Waals surface area contributed by atoms with Crippen molar-refractivity contribution in [2.45, 2.75) is 16.9 Å². The molecule has 1 unspecified atom stereocenters. The number of alkyl halides is 3. The Bertz CT molecular complexity index is 476. The van der Waals surface area contributed by atoms with Crippen LogP contribution in [0.1, 0.15) is 12.1 Å². The first-order valence-electron chi connectivity index (χ1n) is 4.32. The van der Waals surface area contributed by atoms with Crippen LogP contribution in [0.2, 0.25) is 0 Å². The Morgan fingerprint density at radius 2 is 1.94 bits per heavy atom. The zero-order valence-corrected chi connectivity index (χ0v) is 10.1. The lowest BCUT2D eigenvalue weighted by Gasteiger charge is -2.00. The van der Waals surface area contributed by atoms with Crippen LogP contribution in [-0.4, -0.2) is 14.9 Å². The van der Waals surface area contributed by atoms with Gasteiger partial charge in [0.05, 0.1) is 10.8 Å². The van der Waals surface area contributed by atoms with Gasteiger partial charge in [-0.1, -0.05) is 0 Å². The normalized spacial score (nSPS) is 13.4. The highest BCUT2D eigenvalue weighted by atomic mass is 32.2. The van der Waals surface area contributed by atoms with Crippen molar-refractivity contribution < 1.29 is 30.6 Å². The molecule has 1 rings (SSSR count). The van der Waals surface area contributed by atoms with E-state index in [0.717, 1.165) is 0 Å². The molecule has 10 heteroatoms. The van der Waals surface area contributed by atoms with Gasteiger partial charge in [-0.2, -0.15) is 22.0 Å². The van der Waals surface area contributed by atoms with Crippen LogP contribution < -0.4 is 0 Å². The van der Waals surface area contributed by atoms with Gasteiger partial charge in [0.25, 0.3) is 0 Å². The summed E-state index contributed by atoms with van der Waals surface area (Å²) in [6.45, 7) is 0. The summed E-state index contributed by atoms with van der Waals surface area (Å²) in [6, 6.07) is 0. The Hall–Kier alpha value is -0.900. The van der Waals surface area contributed by atoms with Crippen molar-refractivity contribution in [3.8, 4) is 0 Å². The van der Waals surface area contributed by atoms with Gasteiger partial charge in [0.15, 0.2) is 15.9 Å².